The van der Waals surface area contributed by atoms with E-state index < -0.39 is 0 Å². The topological polar surface area (TPSA) is 38.3 Å². The molecule has 0 heterocycles. The van der Waals surface area contributed by atoms with Crippen molar-refractivity contribution in [1.29, 1.82) is 0 Å². The summed E-state index contributed by atoms with van der Waals surface area (Å²) >= 11 is 0. The zero-order valence-electron chi connectivity index (χ0n) is 13.4. The highest BCUT2D eigenvalue weighted by molar-refractivity contribution is 5.89. The van der Waals surface area contributed by atoms with Gasteiger partial charge in [-0.25, -0.2) is 4.79 Å². The van der Waals surface area contributed by atoms with Crippen molar-refractivity contribution in [2.45, 2.75) is 65.0 Å². The first kappa shape index (κ1) is 15.9. The smallest absolute Gasteiger partial charge is 0.338 e. The first-order valence-corrected chi connectivity index (χ1v) is 8.16. The molecule has 1 aliphatic carbocycles. The molecule has 2 rings (SSSR count). The number of benzene rings is 1. The second kappa shape index (κ2) is 7.48. The van der Waals surface area contributed by atoms with Crippen LogP contribution in [0.25, 0.3) is 0 Å². The van der Waals surface area contributed by atoms with E-state index in [4.69, 9.17) is 4.74 Å². The molecule has 0 bridgehead atoms. The van der Waals surface area contributed by atoms with Gasteiger partial charge in [-0.15, -0.1) is 0 Å². The van der Waals surface area contributed by atoms with Crippen molar-refractivity contribution < 1.29 is 9.53 Å². The van der Waals surface area contributed by atoms with Crippen LogP contribution >= 0.6 is 0 Å². The summed E-state index contributed by atoms with van der Waals surface area (Å²) in [7, 11) is 0. The number of rotatable bonds is 5. The maximum Gasteiger partial charge on any atom is 0.338 e. The first-order chi connectivity index (χ1) is 10.1. The SMILES string of the molecule is CCC1CCCC(Nc2ccc(C(=O)OC(C)C)cc2)C1. The lowest BCUT2D eigenvalue weighted by molar-refractivity contribution is 0.0378. The van der Waals surface area contributed by atoms with Gasteiger partial charge < -0.3 is 10.1 Å². The number of nitrogens with one attached hydrogen (secondary N) is 1. The Morgan fingerprint density at radius 1 is 1.29 bits per heavy atom. The number of anilines is 1. The summed E-state index contributed by atoms with van der Waals surface area (Å²) in [5.41, 5.74) is 1.71. The predicted molar refractivity (Wildman–Crippen MR) is 86.7 cm³/mol. The lowest BCUT2D eigenvalue weighted by Gasteiger charge is -2.29. The minimum absolute atomic E-state index is 0.0801. The molecular formula is C18H27NO2. The van der Waals surface area contributed by atoms with E-state index in [0.29, 0.717) is 11.6 Å². The van der Waals surface area contributed by atoms with Gasteiger partial charge in [-0.05, 0) is 56.9 Å². The molecule has 0 aromatic heterocycles. The number of hydrogen-bond acceptors (Lipinski definition) is 3. The summed E-state index contributed by atoms with van der Waals surface area (Å²) in [4.78, 5) is 11.8. The number of carbonyl (C=O) groups excluding carboxylic acids is 1. The number of carbonyl (C=O) groups is 1. The third-order valence-corrected chi connectivity index (χ3v) is 4.19. The molecule has 3 heteroatoms. The van der Waals surface area contributed by atoms with E-state index in [-0.39, 0.29) is 12.1 Å². The molecule has 1 aromatic carbocycles. The van der Waals surface area contributed by atoms with E-state index in [9.17, 15) is 4.79 Å². The first-order valence-electron chi connectivity index (χ1n) is 8.16. The predicted octanol–water partition coefficient (Wildman–Crippen LogP) is 4.63. The fourth-order valence-corrected chi connectivity index (χ4v) is 3.01. The molecule has 0 radical (unpaired) electrons. The van der Waals surface area contributed by atoms with E-state index in [2.05, 4.69) is 12.2 Å². The van der Waals surface area contributed by atoms with Gasteiger partial charge >= 0.3 is 5.97 Å². The monoisotopic (exact) mass is 289 g/mol. The lowest BCUT2D eigenvalue weighted by atomic mass is 9.84. The number of hydrogen-bond donors (Lipinski definition) is 1. The minimum atomic E-state index is -0.250. The summed E-state index contributed by atoms with van der Waals surface area (Å²) in [6, 6.07) is 8.21. The quantitative estimate of drug-likeness (QED) is 0.803. The highest BCUT2D eigenvalue weighted by Crippen LogP contribution is 2.28. The zero-order valence-corrected chi connectivity index (χ0v) is 13.4. The summed E-state index contributed by atoms with van der Waals surface area (Å²) in [6.07, 6.45) is 6.38. The van der Waals surface area contributed by atoms with Crippen molar-refractivity contribution >= 4 is 11.7 Å². The van der Waals surface area contributed by atoms with Crippen LogP contribution in [0, 0.1) is 5.92 Å². The Kier molecular flexibility index (Phi) is 5.66. The molecule has 1 aliphatic rings. The zero-order chi connectivity index (χ0) is 15.2. The molecule has 0 spiro atoms. The van der Waals surface area contributed by atoms with Gasteiger partial charge in [0.05, 0.1) is 11.7 Å². The van der Waals surface area contributed by atoms with Gasteiger partial charge in [0.2, 0.25) is 0 Å². The Labute approximate surface area is 128 Å². The third-order valence-electron chi connectivity index (χ3n) is 4.19. The van der Waals surface area contributed by atoms with Gasteiger partial charge in [0.1, 0.15) is 0 Å². The molecule has 3 nitrogen and oxygen atoms in total. The molecule has 116 valence electrons. The number of ether oxygens (including phenoxy) is 1. The van der Waals surface area contributed by atoms with E-state index in [1.165, 1.54) is 32.1 Å². The second-order valence-electron chi connectivity index (χ2n) is 6.31. The van der Waals surface area contributed by atoms with Crippen molar-refractivity contribution in [3.63, 3.8) is 0 Å². The van der Waals surface area contributed by atoms with Gasteiger partial charge in [0.15, 0.2) is 0 Å². The van der Waals surface area contributed by atoms with Gasteiger partial charge in [-0.2, -0.15) is 0 Å². The minimum Gasteiger partial charge on any atom is -0.459 e. The highest BCUT2D eigenvalue weighted by atomic mass is 16.5. The molecule has 0 saturated heterocycles. The van der Waals surface area contributed by atoms with Gasteiger partial charge in [-0.1, -0.05) is 26.2 Å². The van der Waals surface area contributed by atoms with Gasteiger partial charge in [0, 0.05) is 11.7 Å². The Morgan fingerprint density at radius 2 is 2.00 bits per heavy atom. The van der Waals surface area contributed by atoms with Crippen molar-refractivity contribution in [1.82, 2.24) is 0 Å². The average Bonchev–Trinajstić information content (AvgIpc) is 2.47. The van der Waals surface area contributed by atoms with E-state index in [1.807, 2.05) is 38.1 Å². The summed E-state index contributed by atoms with van der Waals surface area (Å²) in [5.74, 6) is 0.608. The van der Waals surface area contributed by atoms with Crippen LogP contribution in [0.3, 0.4) is 0 Å². The number of esters is 1. The molecule has 0 aliphatic heterocycles. The highest BCUT2D eigenvalue weighted by Gasteiger charge is 2.20. The maximum atomic E-state index is 11.8. The van der Waals surface area contributed by atoms with Crippen LogP contribution in [-0.4, -0.2) is 18.1 Å². The Balaban J connectivity index is 1.91. The van der Waals surface area contributed by atoms with E-state index in [1.54, 1.807) is 0 Å². The van der Waals surface area contributed by atoms with Crippen molar-refractivity contribution in [2.75, 3.05) is 5.32 Å². The van der Waals surface area contributed by atoms with Gasteiger partial charge in [0.25, 0.3) is 0 Å². The van der Waals surface area contributed by atoms with Crippen molar-refractivity contribution in [2.24, 2.45) is 5.92 Å². The summed E-state index contributed by atoms with van der Waals surface area (Å²) in [6.45, 7) is 6.00. The molecule has 21 heavy (non-hydrogen) atoms. The van der Waals surface area contributed by atoms with Crippen LogP contribution in [0.4, 0.5) is 5.69 Å². The molecule has 1 fully saturated rings. The van der Waals surface area contributed by atoms with Crippen LogP contribution < -0.4 is 5.32 Å². The van der Waals surface area contributed by atoms with Crippen LogP contribution in [-0.2, 0) is 4.74 Å². The Bertz CT molecular complexity index is 453. The standard InChI is InChI=1S/C18H27NO2/c1-4-14-6-5-7-17(12-14)19-16-10-8-15(9-11-16)18(20)21-13(2)3/h8-11,13-14,17,19H,4-7,12H2,1-3H3. The van der Waals surface area contributed by atoms with Crippen molar-refractivity contribution in [3.05, 3.63) is 29.8 Å². The van der Waals surface area contributed by atoms with Crippen LogP contribution in [0.15, 0.2) is 24.3 Å². The lowest BCUT2D eigenvalue weighted by Crippen LogP contribution is -2.27. The van der Waals surface area contributed by atoms with Gasteiger partial charge in [-0.3, -0.25) is 0 Å². The molecule has 1 N–H and O–H groups in total. The van der Waals surface area contributed by atoms with E-state index >= 15 is 0 Å². The average molecular weight is 289 g/mol. The van der Waals surface area contributed by atoms with Crippen molar-refractivity contribution in [3.8, 4) is 0 Å². The second-order valence-corrected chi connectivity index (χ2v) is 6.31. The molecule has 2 unspecified atom stereocenters. The fourth-order valence-electron chi connectivity index (χ4n) is 3.01. The van der Waals surface area contributed by atoms with Crippen LogP contribution in [0.2, 0.25) is 0 Å². The Morgan fingerprint density at radius 3 is 2.62 bits per heavy atom. The van der Waals surface area contributed by atoms with Crippen LogP contribution in [0.5, 0.6) is 0 Å². The third kappa shape index (κ3) is 4.76. The normalized spacial score (nSPS) is 22.1. The largest absolute Gasteiger partial charge is 0.459 e. The van der Waals surface area contributed by atoms with E-state index in [0.717, 1.165) is 11.6 Å². The molecule has 2 atom stereocenters. The molecular weight excluding hydrogens is 262 g/mol. The molecule has 1 saturated carbocycles. The maximum absolute atomic E-state index is 11.8. The molecule has 1 aromatic rings. The summed E-state index contributed by atoms with van der Waals surface area (Å²) < 4.78 is 5.20. The fraction of sp³-hybridized carbons (Fsp3) is 0.611. The summed E-state index contributed by atoms with van der Waals surface area (Å²) in [5, 5.41) is 3.60. The Hall–Kier alpha value is -1.51. The van der Waals surface area contributed by atoms with Crippen LogP contribution in [0.1, 0.15) is 63.2 Å². The molecule has 0 amide bonds.